The van der Waals surface area contributed by atoms with Crippen molar-refractivity contribution in [3.8, 4) is 17.1 Å². The van der Waals surface area contributed by atoms with E-state index in [-0.39, 0.29) is 17.8 Å². The zero-order valence-corrected chi connectivity index (χ0v) is 25.3. The van der Waals surface area contributed by atoms with E-state index in [1.54, 1.807) is 6.07 Å². The van der Waals surface area contributed by atoms with Crippen LogP contribution in [0.25, 0.3) is 22.3 Å². The third kappa shape index (κ3) is 5.17. The molecule has 0 aliphatic rings. The average Bonchev–Trinajstić information content (AvgIpc) is 3.26. The molecule has 5 nitrogen and oxygen atoms in total. The van der Waals surface area contributed by atoms with Gasteiger partial charge in [0.1, 0.15) is 5.65 Å². The van der Waals surface area contributed by atoms with Crippen LogP contribution in [0, 0.1) is 0 Å². The monoisotopic (exact) mass is 568 g/mol. The number of methoxy groups -OCH3 is 1. The van der Waals surface area contributed by atoms with E-state index >= 15 is 0 Å². The highest BCUT2D eigenvalue weighted by Crippen LogP contribution is 2.45. The van der Waals surface area contributed by atoms with Crippen LogP contribution in [0.4, 0.5) is 13.2 Å². The van der Waals surface area contributed by atoms with Gasteiger partial charge < -0.3 is 14.7 Å². The second kappa shape index (κ2) is 11.4. The van der Waals surface area contributed by atoms with Crippen LogP contribution < -0.4 is 10.5 Å². The predicted molar refractivity (Wildman–Crippen MR) is 158 cm³/mol. The van der Waals surface area contributed by atoms with Crippen molar-refractivity contribution in [2.24, 2.45) is 5.73 Å². The summed E-state index contributed by atoms with van der Waals surface area (Å²) in [6.45, 7) is 14.1. The molecule has 0 fully saturated rings. The van der Waals surface area contributed by atoms with E-state index in [9.17, 15) is 13.2 Å². The molecule has 0 atom stereocenters. The van der Waals surface area contributed by atoms with E-state index in [1.807, 2.05) is 18.3 Å². The van der Waals surface area contributed by atoms with Crippen LogP contribution in [0.1, 0.15) is 63.8 Å². The van der Waals surface area contributed by atoms with Crippen LogP contribution in [0.3, 0.4) is 0 Å². The zero-order valence-electron chi connectivity index (χ0n) is 24.3. The number of aromatic nitrogens is 3. The third-order valence-electron chi connectivity index (χ3n) is 8.25. The van der Waals surface area contributed by atoms with Crippen LogP contribution in [0.5, 0.6) is 5.88 Å². The average molecular weight is 569 g/mol. The second-order valence-corrected chi connectivity index (χ2v) is 17.1. The van der Waals surface area contributed by atoms with Gasteiger partial charge in [-0.3, -0.25) is 0 Å². The molecule has 0 aliphatic heterocycles. The summed E-state index contributed by atoms with van der Waals surface area (Å²) >= 11 is 0. The van der Waals surface area contributed by atoms with Crippen molar-refractivity contribution < 1.29 is 17.9 Å². The van der Waals surface area contributed by atoms with E-state index in [1.165, 1.54) is 19.2 Å². The molecule has 40 heavy (non-hydrogen) atoms. The van der Waals surface area contributed by atoms with E-state index in [0.717, 1.165) is 28.2 Å². The maximum absolute atomic E-state index is 13.8. The maximum atomic E-state index is 13.8. The first-order valence-electron chi connectivity index (χ1n) is 13.8. The molecule has 3 heterocycles. The molecule has 4 aromatic rings. The molecule has 0 saturated heterocycles. The minimum Gasteiger partial charge on any atom is -0.481 e. The maximum Gasteiger partial charge on any atom is 0.417 e. The Labute approximate surface area is 235 Å². The molecule has 1 aromatic carbocycles. The van der Waals surface area contributed by atoms with Crippen molar-refractivity contribution in [1.82, 2.24) is 14.2 Å². The Kier molecular flexibility index (Phi) is 8.47. The van der Waals surface area contributed by atoms with Crippen LogP contribution >= 0.6 is 0 Å². The summed E-state index contributed by atoms with van der Waals surface area (Å²) in [4.78, 5) is 9.39. The third-order valence-corrected chi connectivity index (χ3v) is 15.0. The van der Waals surface area contributed by atoms with Gasteiger partial charge in [-0.25, -0.2) is 9.97 Å². The molecule has 0 amide bonds. The summed E-state index contributed by atoms with van der Waals surface area (Å²) in [5.74, 6) is 0.300. The van der Waals surface area contributed by atoms with Crippen LogP contribution in [-0.2, 0) is 19.1 Å². The second-order valence-electron chi connectivity index (χ2n) is 11.4. The van der Waals surface area contributed by atoms with Gasteiger partial charge in [0, 0.05) is 41.9 Å². The molecule has 0 aliphatic carbocycles. The van der Waals surface area contributed by atoms with Gasteiger partial charge in [0.25, 0.3) is 0 Å². The minimum absolute atomic E-state index is 0.0114. The van der Waals surface area contributed by atoms with Crippen molar-refractivity contribution >= 4 is 19.3 Å². The van der Waals surface area contributed by atoms with E-state index in [2.05, 4.69) is 63.0 Å². The molecular weight excluding hydrogens is 529 g/mol. The lowest BCUT2D eigenvalue weighted by atomic mass is 9.99. The number of halogens is 3. The Morgan fingerprint density at radius 3 is 2.20 bits per heavy atom. The Morgan fingerprint density at radius 1 is 0.950 bits per heavy atom. The number of nitrogens with two attached hydrogens (primary N) is 1. The number of alkyl halides is 3. The molecule has 0 radical (unpaired) electrons. The van der Waals surface area contributed by atoms with Gasteiger partial charge in [-0.05, 0) is 58.1 Å². The number of pyridine rings is 2. The van der Waals surface area contributed by atoms with E-state index in [0.29, 0.717) is 34.5 Å². The summed E-state index contributed by atoms with van der Waals surface area (Å²) in [7, 11) is -0.587. The molecule has 3 aromatic heterocycles. The summed E-state index contributed by atoms with van der Waals surface area (Å²) < 4.78 is 49.6. The van der Waals surface area contributed by atoms with Crippen molar-refractivity contribution in [3.05, 3.63) is 77.1 Å². The highest BCUT2D eigenvalue weighted by atomic mass is 28.3. The Hall–Kier alpha value is -3.17. The lowest BCUT2D eigenvalue weighted by Gasteiger charge is -2.44. The van der Waals surface area contributed by atoms with Gasteiger partial charge >= 0.3 is 6.18 Å². The molecule has 9 heteroatoms. The van der Waals surface area contributed by atoms with Crippen molar-refractivity contribution in [2.75, 3.05) is 7.11 Å². The first kappa shape index (κ1) is 29.8. The highest BCUT2D eigenvalue weighted by Gasteiger charge is 2.46. The largest absolute Gasteiger partial charge is 0.481 e. The predicted octanol–water partition coefficient (Wildman–Crippen LogP) is 8.20. The fourth-order valence-corrected chi connectivity index (χ4v) is 13.3. The number of fused-ring (bicyclic) bond motifs is 1. The molecule has 214 valence electrons. The molecular formula is C31H39F3N4OSi. The van der Waals surface area contributed by atoms with Crippen molar-refractivity contribution in [2.45, 2.75) is 77.3 Å². The molecule has 0 spiro atoms. The summed E-state index contributed by atoms with van der Waals surface area (Å²) in [5, 5.41) is 1.07. The minimum atomic E-state index is -4.52. The molecule has 0 unspecified atom stereocenters. The number of nitrogens with zero attached hydrogens (tertiary/aromatic N) is 3. The topological polar surface area (TPSA) is 66.0 Å². The van der Waals surface area contributed by atoms with E-state index < -0.39 is 20.0 Å². The van der Waals surface area contributed by atoms with Crippen molar-refractivity contribution in [1.29, 1.82) is 0 Å². The SMILES string of the molecule is COc1nc(-c2cc(CN)ccc2C(F)(F)F)ccc1Cc1cn([Si](C(C)C)(C(C)C)C(C)C)c2ncccc12. The van der Waals surface area contributed by atoms with Gasteiger partial charge in [-0.1, -0.05) is 53.7 Å². The fraction of sp³-hybridized carbons (Fsp3) is 0.419. The fourth-order valence-electron chi connectivity index (χ4n) is 6.71. The van der Waals surface area contributed by atoms with Gasteiger partial charge in [0.2, 0.25) is 5.88 Å². The summed E-state index contributed by atoms with van der Waals surface area (Å²) in [6, 6.07) is 11.4. The number of hydrogen-bond acceptors (Lipinski definition) is 4. The van der Waals surface area contributed by atoms with Crippen molar-refractivity contribution in [3.63, 3.8) is 0 Å². The summed E-state index contributed by atoms with van der Waals surface area (Å²) in [5.41, 5.74) is 10.1. The zero-order chi connectivity index (χ0) is 29.4. The molecule has 0 saturated carbocycles. The number of hydrogen-bond donors (Lipinski definition) is 1. The van der Waals surface area contributed by atoms with Gasteiger partial charge in [0.15, 0.2) is 8.24 Å². The van der Waals surface area contributed by atoms with Gasteiger partial charge in [-0.2, -0.15) is 13.2 Å². The summed E-state index contributed by atoms with van der Waals surface area (Å²) in [6.07, 6.45) is 0.0843. The van der Waals surface area contributed by atoms with Gasteiger partial charge in [0.05, 0.1) is 18.4 Å². The van der Waals surface area contributed by atoms with Crippen LogP contribution in [0.15, 0.2) is 54.9 Å². The first-order chi connectivity index (χ1) is 18.9. The lowest BCUT2D eigenvalue weighted by molar-refractivity contribution is -0.137. The number of rotatable bonds is 9. The van der Waals surface area contributed by atoms with Gasteiger partial charge in [-0.15, -0.1) is 0 Å². The number of ether oxygens (including phenoxy) is 1. The molecule has 4 rings (SSSR count). The smallest absolute Gasteiger partial charge is 0.417 e. The quantitative estimate of drug-likeness (QED) is 0.207. The Bertz CT molecular complexity index is 1470. The first-order valence-corrected chi connectivity index (χ1v) is 15.9. The van der Waals surface area contributed by atoms with Crippen LogP contribution in [-0.4, -0.2) is 29.5 Å². The van der Waals surface area contributed by atoms with Crippen LogP contribution in [0.2, 0.25) is 16.6 Å². The number of benzene rings is 1. The normalized spacial score (nSPS) is 12.8. The lowest BCUT2D eigenvalue weighted by Crippen LogP contribution is -2.51. The standard InChI is InChI=1S/C31H39F3N4OSi/c1-19(2)40(20(3)4,21(5)6)38-18-24(25-9-8-14-36-29(25)38)16-23-11-13-28(37-30(23)39-7)26-15-22(17-35)10-12-27(26)31(32,33)34/h8-15,18-21H,16-17,35H2,1-7H3. The molecule has 0 bridgehead atoms. The Balaban J connectivity index is 1.85. The highest BCUT2D eigenvalue weighted by molar-refractivity contribution is 6.82. The van der Waals surface area contributed by atoms with E-state index in [4.69, 9.17) is 15.5 Å². The Morgan fingerprint density at radius 2 is 1.62 bits per heavy atom. The molecule has 2 N–H and O–H groups in total.